The Morgan fingerprint density at radius 2 is 1.83 bits per heavy atom. The van der Waals surface area contributed by atoms with Crippen molar-refractivity contribution < 1.29 is 22.8 Å². The van der Waals surface area contributed by atoms with Gasteiger partial charge in [0.1, 0.15) is 17.1 Å². The Labute approximate surface area is 241 Å². The first-order chi connectivity index (χ1) is 19.7. The fraction of sp³-hybridized carbons (Fsp3) is 0.452. The van der Waals surface area contributed by atoms with Gasteiger partial charge in [0.05, 0.1) is 11.4 Å². The van der Waals surface area contributed by atoms with Gasteiger partial charge in [-0.3, -0.25) is 19.4 Å². The van der Waals surface area contributed by atoms with Crippen LogP contribution in [0.1, 0.15) is 74.3 Å². The number of aromatic nitrogens is 1. The number of unbranched alkanes of at least 4 members (excludes halogenated alkanes) is 1. The number of carbonyl (C=O) groups excluding carboxylic acids is 1. The van der Waals surface area contributed by atoms with Crippen molar-refractivity contribution in [3.05, 3.63) is 64.9 Å². The fourth-order valence-corrected chi connectivity index (χ4v) is 7.11. The molecule has 0 radical (unpaired) electrons. The van der Waals surface area contributed by atoms with Crippen molar-refractivity contribution in [2.45, 2.75) is 89.1 Å². The van der Waals surface area contributed by atoms with Gasteiger partial charge >= 0.3 is 0 Å². The molecule has 0 saturated heterocycles. The second kappa shape index (κ2) is 11.8. The SMILES string of the molecule is CCCCC1=NC2(CCCC2)C(=O)N1Cc1ccc(-c2ccccc2S(=O)(=O)Nc2noc(C)c2C)c(CCO)c1. The van der Waals surface area contributed by atoms with Gasteiger partial charge in [0.15, 0.2) is 5.82 Å². The highest BCUT2D eigenvalue weighted by molar-refractivity contribution is 7.92. The Morgan fingerprint density at radius 3 is 2.51 bits per heavy atom. The number of amidine groups is 1. The molecule has 1 aromatic heterocycles. The first-order valence-corrected chi connectivity index (χ1v) is 15.9. The topological polar surface area (TPSA) is 125 Å². The number of benzene rings is 2. The van der Waals surface area contributed by atoms with E-state index in [0.717, 1.165) is 61.9 Å². The highest BCUT2D eigenvalue weighted by Crippen LogP contribution is 2.40. The van der Waals surface area contributed by atoms with E-state index in [1.165, 1.54) is 0 Å². The van der Waals surface area contributed by atoms with E-state index in [4.69, 9.17) is 9.52 Å². The van der Waals surface area contributed by atoms with E-state index in [1.807, 2.05) is 23.1 Å². The second-order valence-electron chi connectivity index (χ2n) is 11.0. The highest BCUT2D eigenvalue weighted by atomic mass is 32.2. The van der Waals surface area contributed by atoms with Crippen LogP contribution in [-0.4, -0.2) is 47.5 Å². The summed E-state index contributed by atoms with van der Waals surface area (Å²) in [5.41, 5.74) is 2.95. The first-order valence-electron chi connectivity index (χ1n) is 14.4. The molecule has 1 saturated carbocycles. The molecule has 3 aromatic rings. The van der Waals surface area contributed by atoms with Gasteiger partial charge in [-0.1, -0.05) is 67.7 Å². The average Bonchev–Trinajstić information content (AvgIpc) is 3.63. The zero-order chi connectivity index (χ0) is 29.2. The number of aliphatic hydroxyl groups is 1. The third kappa shape index (κ3) is 5.67. The number of aliphatic imine (C=N–C) groups is 1. The minimum absolute atomic E-state index is 0.0924. The summed E-state index contributed by atoms with van der Waals surface area (Å²) >= 11 is 0. The first kappa shape index (κ1) is 29.0. The fourth-order valence-electron chi connectivity index (χ4n) is 5.83. The van der Waals surface area contributed by atoms with Gasteiger partial charge in [0.25, 0.3) is 15.9 Å². The zero-order valence-corrected chi connectivity index (χ0v) is 24.8. The van der Waals surface area contributed by atoms with Crippen LogP contribution < -0.4 is 4.72 Å². The normalized spacial score (nSPS) is 16.5. The number of amides is 1. The van der Waals surface area contributed by atoms with E-state index in [1.54, 1.807) is 38.1 Å². The number of anilines is 1. The summed E-state index contributed by atoms with van der Waals surface area (Å²) in [4.78, 5) is 20.6. The number of nitrogens with zero attached hydrogens (tertiary/aromatic N) is 3. The molecule has 10 heteroatoms. The Bertz CT molecular complexity index is 1570. The third-order valence-corrected chi connectivity index (χ3v) is 9.63. The Hall–Kier alpha value is -3.50. The number of hydrogen-bond acceptors (Lipinski definition) is 7. The van der Waals surface area contributed by atoms with Crippen molar-refractivity contribution in [1.29, 1.82) is 0 Å². The molecule has 0 unspecified atom stereocenters. The summed E-state index contributed by atoms with van der Waals surface area (Å²) in [6.07, 6.45) is 6.75. The molecule has 2 aromatic carbocycles. The predicted molar refractivity (Wildman–Crippen MR) is 158 cm³/mol. The summed E-state index contributed by atoms with van der Waals surface area (Å²) in [5.74, 6) is 1.65. The molecule has 2 heterocycles. The maximum atomic E-state index is 13.6. The molecule has 5 rings (SSSR count). The minimum atomic E-state index is -4.00. The van der Waals surface area contributed by atoms with Crippen LogP contribution in [0.3, 0.4) is 0 Å². The van der Waals surface area contributed by atoms with Gasteiger partial charge < -0.3 is 9.63 Å². The monoisotopic (exact) mass is 578 g/mol. The summed E-state index contributed by atoms with van der Waals surface area (Å²) in [6.45, 7) is 5.89. The molecule has 2 aliphatic rings. The maximum Gasteiger partial charge on any atom is 0.263 e. The van der Waals surface area contributed by atoms with Crippen LogP contribution in [0.2, 0.25) is 0 Å². The van der Waals surface area contributed by atoms with Gasteiger partial charge in [0, 0.05) is 24.2 Å². The van der Waals surface area contributed by atoms with Crippen molar-refractivity contribution >= 4 is 27.6 Å². The lowest BCUT2D eigenvalue weighted by Crippen LogP contribution is -2.40. The van der Waals surface area contributed by atoms with Crippen molar-refractivity contribution in [3.63, 3.8) is 0 Å². The molecule has 1 aliphatic carbocycles. The lowest BCUT2D eigenvalue weighted by atomic mass is 9.95. The van der Waals surface area contributed by atoms with Crippen LogP contribution in [-0.2, 0) is 27.8 Å². The van der Waals surface area contributed by atoms with Crippen LogP contribution in [0, 0.1) is 13.8 Å². The number of aliphatic hydroxyl groups excluding tert-OH is 1. The van der Waals surface area contributed by atoms with Gasteiger partial charge in [-0.05, 0) is 62.3 Å². The van der Waals surface area contributed by atoms with Crippen molar-refractivity contribution in [3.8, 4) is 11.1 Å². The summed E-state index contributed by atoms with van der Waals surface area (Å²) in [6, 6.07) is 12.6. The number of rotatable bonds is 11. The maximum absolute atomic E-state index is 13.6. The van der Waals surface area contributed by atoms with Crippen molar-refractivity contribution in [2.24, 2.45) is 4.99 Å². The molecular formula is C31H38N4O5S. The van der Waals surface area contributed by atoms with Crippen LogP contribution in [0.5, 0.6) is 0 Å². The standard InChI is InChI=1S/C31H38N4O5S/c1-4-5-12-28-32-31(16-8-9-17-31)30(37)35(28)20-23-13-14-25(24(19-23)15-18-36)26-10-6-7-11-27(26)41(38,39)34-29-21(2)22(3)40-33-29/h6-7,10-11,13-14,19,36H,4-5,8-9,12,15-18,20H2,1-3H3,(H,33,34). The van der Waals surface area contributed by atoms with Gasteiger partial charge in [0.2, 0.25) is 0 Å². The Morgan fingerprint density at radius 1 is 1.07 bits per heavy atom. The smallest absolute Gasteiger partial charge is 0.263 e. The number of aryl methyl sites for hydroxylation is 1. The van der Waals surface area contributed by atoms with E-state index >= 15 is 0 Å². The number of sulfonamides is 1. The molecule has 0 bridgehead atoms. The number of hydrogen-bond donors (Lipinski definition) is 2. The van der Waals surface area contributed by atoms with E-state index in [9.17, 15) is 18.3 Å². The molecular weight excluding hydrogens is 540 g/mol. The highest BCUT2D eigenvalue weighted by Gasteiger charge is 2.49. The second-order valence-corrected chi connectivity index (χ2v) is 12.7. The van der Waals surface area contributed by atoms with Gasteiger partial charge in [-0.2, -0.15) is 0 Å². The molecule has 1 fully saturated rings. The van der Waals surface area contributed by atoms with Crippen molar-refractivity contribution in [1.82, 2.24) is 10.1 Å². The molecule has 1 aliphatic heterocycles. The van der Waals surface area contributed by atoms with E-state index < -0.39 is 15.6 Å². The molecule has 9 nitrogen and oxygen atoms in total. The predicted octanol–water partition coefficient (Wildman–Crippen LogP) is 5.54. The summed E-state index contributed by atoms with van der Waals surface area (Å²) in [7, 11) is -4.00. The average molecular weight is 579 g/mol. The van der Waals surface area contributed by atoms with Gasteiger partial charge in [-0.15, -0.1) is 0 Å². The van der Waals surface area contributed by atoms with Crippen LogP contribution in [0.4, 0.5) is 5.82 Å². The van der Waals surface area contributed by atoms with E-state index in [0.29, 0.717) is 35.4 Å². The van der Waals surface area contributed by atoms with Crippen LogP contribution in [0.15, 0.2) is 56.9 Å². The zero-order valence-electron chi connectivity index (χ0n) is 23.9. The number of carbonyl (C=O) groups is 1. The quantitative estimate of drug-likeness (QED) is 0.308. The lowest BCUT2D eigenvalue weighted by Gasteiger charge is -2.23. The summed E-state index contributed by atoms with van der Waals surface area (Å²) in [5, 5.41) is 13.8. The molecule has 1 amide bonds. The van der Waals surface area contributed by atoms with Crippen LogP contribution in [0.25, 0.3) is 11.1 Å². The number of nitrogens with one attached hydrogen (secondary N) is 1. The summed E-state index contributed by atoms with van der Waals surface area (Å²) < 4.78 is 34.7. The van der Waals surface area contributed by atoms with Crippen LogP contribution >= 0.6 is 0 Å². The lowest BCUT2D eigenvalue weighted by molar-refractivity contribution is -0.131. The van der Waals surface area contributed by atoms with Crippen molar-refractivity contribution in [2.75, 3.05) is 11.3 Å². The van der Waals surface area contributed by atoms with Gasteiger partial charge in [-0.25, -0.2) is 8.42 Å². The molecule has 1 spiro atoms. The van der Waals surface area contributed by atoms with E-state index in [-0.39, 0.29) is 23.2 Å². The molecule has 41 heavy (non-hydrogen) atoms. The largest absolute Gasteiger partial charge is 0.396 e. The molecule has 0 atom stereocenters. The molecule has 218 valence electrons. The minimum Gasteiger partial charge on any atom is -0.396 e. The Balaban J connectivity index is 1.47. The third-order valence-electron chi connectivity index (χ3n) is 8.23. The Kier molecular flexibility index (Phi) is 8.33. The molecule has 2 N–H and O–H groups in total. The van der Waals surface area contributed by atoms with E-state index in [2.05, 4.69) is 16.8 Å².